The predicted molar refractivity (Wildman–Crippen MR) is 96.9 cm³/mol. The van der Waals surface area contributed by atoms with Crippen LogP contribution >= 0.6 is 11.8 Å². The minimum atomic E-state index is -0.176. The molecule has 1 atom stereocenters. The summed E-state index contributed by atoms with van der Waals surface area (Å²) in [4.78, 5) is 18.1. The number of amides is 1. The van der Waals surface area contributed by atoms with E-state index < -0.39 is 0 Å². The molecule has 0 saturated carbocycles. The summed E-state index contributed by atoms with van der Waals surface area (Å²) in [5, 5.41) is 3.83. The lowest BCUT2D eigenvalue weighted by Gasteiger charge is -2.14. The molecule has 1 aromatic heterocycles. The van der Waals surface area contributed by atoms with Gasteiger partial charge in [-0.15, -0.1) is 11.8 Å². The third-order valence-corrected chi connectivity index (χ3v) is 4.64. The van der Waals surface area contributed by atoms with Crippen molar-refractivity contribution in [3.63, 3.8) is 0 Å². The van der Waals surface area contributed by atoms with Gasteiger partial charge in [-0.05, 0) is 38.1 Å². The molecule has 0 spiro atoms. The number of benzene rings is 2. The molecule has 4 heteroatoms. The predicted octanol–water partition coefficient (Wildman–Crippen LogP) is 4.66. The molecule has 3 nitrogen and oxygen atoms in total. The van der Waals surface area contributed by atoms with Crippen molar-refractivity contribution in [3.8, 4) is 0 Å². The summed E-state index contributed by atoms with van der Waals surface area (Å²) in [6.45, 7) is 3.85. The van der Waals surface area contributed by atoms with Crippen LogP contribution in [0.1, 0.15) is 12.6 Å². The molecule has 0 aliphatic rings. The van der Waals surface area contributed by atoms with Gasteiger partial charge in [0.05, 0.1) is 16.5 Å². The molecule has 0 bridgehead atoms. The smallest absolute Gasteiger partial charge is 0.237 e. The highest BCUT2D eigenvalue weighted by Crippen LogP contribution is 2.26. The Hall–Kier alpha value is -2.33. The highest BCUT2D eigenvalue weighted by Gasteiger charge is 2.16. The summed E-state index contributed by atoms with van der Waals surface area (Å²) in [5.74, 6) is -0.00499. The Morgan fingerprint density at radius 1 is 1.09 bits per heavy atom. The van der Waals surface area contributed by atoms with E-state index in [9.17, 15) is 4.79 Å². The van der Waals surface area contributed by atoms with E-state index in [2.05, 4.69) is 10.3 Å². The van der Waals surface area contributed by atoms with Crippen LogP contribution < -0.4 is 5.32 Å². The van der Waals surface area contributed by atoms with Gasteiger partial charge in [-0.25, -0.2) is 0 Å². The van der Waals surface area contributed by atoms with Crippen LogP contribution in [0, 0.1) is 6.92 Å². The van der Waals surface area contributed by atoms with Gasteiger partial charge in [-0.1, -0.05) is 36.4 Å². The van der Waals surface area contributed by atoms with E-state index in [0.717, 1.165) is 27.2 Å². The first-order valence-corrected chi connectivity index (χ1v) is 8.40. The van der Waals surface area contributed by atoms with Crippen LogP contribution in [0.2, 0.25) is 0 Å². The van der Waals surface area contributed by atoms with Crippen molar-refractivity contribution in [2.75, 3.05) is 5.32 Å². The summed E-state index contributed by atoms with van der Waals surface area (Å²) in [6.07, 6.45) is 0. The zero-order valence-corrected chi connectivity index (χ0v) is 13.9. The van der Waals surface area contributed by atoms with Gasteiger partial charge in [0, 0.05) is 16.0 Å². The average Bonchev–Trinajstić information content (AvgIpc) is 2.55. The Morgan fingerprint density at radius 3 is 2.57 bits per heavy atom. The molecule has 1 heterocycles. The SMILES string of the molecule is Cc1cc(NC(=O)C(C)Sc2ccccc2)c2ccccc2n1. The molecule has 0 aliphatic carbocycles. The maximum absolute atomic E-state index is 12.5. The van der Waals surface area contributed by atoms with Crippen molar-refractivity contribution in [3.05, 3.63) is 66.4 Å². The molecule has 1 unspecified atom stereocenters. The molecule has 3 aromatic rings. The Labute approximate surface area is 140 Å². The lowest BCUT2D eigenvalue weighted by atomic mass is 10.1. The first-order valence-electron chi connectivity index (χ1n) is 7.52. The maximum atomic E-state index is 12.5. The molecule has 0 fully saturated rings. The first kappa shape index (κ1) is 15.6. The number of rotatable bonds is 4. The molecule has 116 valence electrons. The summed E-state index contributed by atoms with van der Waals surface area (Å²) in [6, 6.07) is 19.7. The molecule has 0 saturated heterocycles. The van der Waals surface area contributed by atoms with Gasteiger partial charge in [0.25, 0.3) is 0 Å². The molecule has 1 N–H and O–H groups in total. The van der Waals surface area contributed by atoms with E-state index in [1.807, 2.05) is 74.5 Å². The van der Waals surface area contributed by atoms with Crippen LogP contribution in [0.4, 0.5) is 5.69 Å². The number of hydrogen-bond acceptors (Lipinski definition) is 3. The van der Waals surface area contributed by atoms with Gasteiger partial charge >= 0.3 is 0 Å². The molecule has 0 aliphatic heterocycles. The zero-order chi connectivity index (χ0) is 16.2. The van der Waals surface area contributed by atoms with E-state index in [4.69, 9.17) is 0 Å². The normalized spacial score (nSPS) is 12.1. The van der Waals surface area contributed by atoms with Gasteiger partial charge in [0.1, 0.15) is 0 Å². The van der Waals surface area contributed by atoms with Gasteiger partial charge in [-0.2, -0.15) is 0 Å². The number of thioether (sulfide) groups is 1. The Bertz CT molecular complexity index is 833. The maximum Gasteiger partial charge on any atom is 0.237 e. The van der Waals surface area contributed by atoms with Crippen LogP contribution in [0.25, 0.3) is 10.9 Å². The van der Waals surface area contributed by atoms with Crippen molar-refractivity contribution in [1.82, 2.24) is 4.98 Å². The van der Waals surface area contributed by atoms with Gasteiger partial charge < -0.3 is 5.32 Å². The molecular formula is C19H18N2OS. The average molecular weight is 322 g/mol. The van der Waals surface area contributed by atoms with E-state index in [-0.39, 0.29) is 11.2 Å². The number of nitrogens with zero attached hydrogens (tertiary/aromatic N) is 1. The zero-order valence-electron chi connectivity index (χ0n) is 13.1. The minimum Gasteiger partial charge on any atom is -0.324 e. The van der Waals surface area contributed by atoms with Gasteiger partial charge in [0.15, 0.2) is 0 Å². The summed E-state index contributed by atoms with van der Waals surface area (Å²) in [5.41, 5.74) is 2.60. The van der Waals surface area contributed by atoms with Crippen molar-refractivity contribution >= 4 is 34.3 Å². The van der Waals surface area contributed by atoms with Crippen molar-refractivity contribution in [2.24, 2.45) is 0 Å². The van der Waals surface area contributed by atoms with Crippen LogP contribution in [-0.2, 0) is 4.79 Å². The Kier molecular flexibility index (Phi) is 4.63. The number of pyridine rings is 1. The molecular weight excluding hydrogens is 304 g/mol. The second-order valence-electron chi connectivity index (χ2n) is 5.39. The van der Waals surface area contributed by atoms with Crippen LogP contribution in [0.3, 0.4) is 0 Å². The minimum absolute atomic E-state index is 0.00499. The molecule has 2 aromatic carbocycles. The third kappa shape index (κ3) is 3.71. The number of aryl methyl sites for hydroxylation is 1. The quantitative estimate of drug-likeness (QED) is 0.710. The number of carbonyl (C=O) groups excluding carboxylic acids is 1. The lowest BCUT2D eigenvalue weighted by Crippen LogP contribution is -2.22. The van der Waals surface area contributed by atoms with E-state index in [1.165, 1.54) is 0 Å². The fraction of sp³-hybridized carbons (Fsp3) is 0.158. The number of nitrogens with one attached hydrogen (secondary N) is 1. The number of carbonyl (C=O) groups is 1. The van der Waals surface area contributed by atoms with Crippen LogP contribution in [0.5, 0.6) is 0 Å². The standard InChI is InChI=1S/C19H18N2OS/c1-13-12-18(16-10-6-7-11-17(16)20-13)21-19(22)14(2)23-15-8-4-3-5-9-15/h3-12,14H,1-2H3,(H,20,21,22). The number of anilines is 1. The molecule has 3 rings (SSSR count). The Morgan fingerprint density at radius 2 is 1.78 bits per heavy atom. The second kappa shape index (κ2) is 6.84. The third-order valence-electron chi connectivity index (χ3n) is 3.53. The molecule has 1 amide bonds. The first-order chi connectivity index (χ1) is 11.1. The second-order valence-corrected chi connectivity index (χ2v) is 6.80. The number of aromatic nitrogens is 1. The lowest BCUT2D eigenvalue weighted by molar-refractivity contribution is -0.115. The van der Waals surface area contributed by atoms with Gasteiger partial charge in [0.2, 0.25) is 5.91 Å². The van der Waals surface area contributed by atoms with E-state index in [0.29, 0.717) is 0 Å². The van der Waals surface area contributed by atoms with Crippen molar-refractivity contribution in [2.45, 2.75) is 24.0 Å². The highest BCUT2D eigenvalue weighted by atomic mass is 32.2. The molecule has 23 heavy (non-hydrogen) atoms. The van der Waals surface area contributed by atoms with E-state index >= 15 is 0 Å². The van der Waals surface area contributed by atoms with E-state index in [1.54, 1.807) is 11.8 Å². The van der Waals surface area contributed by atoms with Crippen molar-refractivity contribution < 1.29 is 4.79 Å². The summed E-state index contributed by atoms with van der Waals surface area (Å²) >= 11 is 1.55. The number of fused-ring (bicyclic) bond motifs is 1. The van der Waals surface area contributed by atoms with Gasteiger partial charge in [-0.3, -0.25) is 9.78 Å². The number of hydrogen-bond donors (Lipinski definition) is 1. The van der Waals surface area contributed by atoms with Crippen molar-refractivity contribution in [1.29, 1.82) is 0 Å². The van der Waals surface area contributed by atoms with Crippen LogP contribution in [0.15, 0.2) is 65.6 Å². The monoisotopic (exact) mass is 322 g/mol. The Balaban J connectivity index is 1.80. The van der Waals surface area contributed by atoms with Crippen LogP contribution in [-0.4, -0.2) is 16.1 Å². The topological polar surface area (TPSA) is 42.0 Å². The number of para-hydroxylation sites is 1. The summed E-state index contributed by atoms with van der Waals surface area (Å²) in [7, 11) is 0. The largest absolute Gasteiger partial charge is 0.324 e. The molecule has 0 radical (unpaired) electrons. The fourth-order valence-corrected chi connectivity index (χ4v) is 3.29. The highest BCUT2D eigenvalue weighted by molar-refractivity contribution is 8.00. The fourth-order valence-electron chi connectivity index (χ4n) is 2.40. The summed E-state index contributed by atoms with van der Waals surface area (Å²) < 4.78 is 0.